The Hall–Kier alpha value is -0.900. The van der Waals surface area contributed by atoms with Crippen molar-refractivity contribution in [1.29, 1.82) is 0 Å². The fourth-order valence-corrected chi connectivity index (χ4v) is 2.60. The van der Waals surface area contributed by atoms with Gasteiger partial charge in [0.2, 0.25) is 0 Å². The van der Waals surface area contributed by atoms with E-state index < -0.39 is 11.4 Å². The van der Waals surface area contributed by atoms with Crippen LogP contribution in [0.2, 0.25) is 0 Å². The van der Waals surface area contributed by atoms with E-state index in [1.54, 1.807) is 12.1 Å². The number of benzene rings is 1. The van der Waals surface area contributed by atoms with Crippen LogP contribution in [0.1, 0.15) is 45.1 Å². The molecule has 0 spiro atoms. The minimum atomic E-state index is -0.856. The van der Waals surface area contributed by atoms with Crippen molar-refractivity contribution < 1.29 is 14.3 Å². The van der Waals surface area contributed by atoms with Gasteiger partial charge in [-0.05, 0) is 37.0 Å². The second-order valence-electron chi connectivity index (χ2n) is 4.96. The molecule has 4 heteroatoms. The van der Waals surface area contributed by atoms with Gasteiger partial charge in [-0.1, -0.05) is 48.7 Å². The van der Waals surface area contributed by atoms with E-state index in [1.165, 1.54) is 6.07 Å². The monoisotopic (exact) mass is 330 g/mol. The first-order valence-corrected chi connectivity index (χ1v) is 7.42. The Bertz CT molecular complexity index is 448. The maximum atomic E-state index is 13.9. The molecule has 0 saturated heterocycles. The molecule has 2 nitrogen and oxygen atoms in total. The lowest BCUT2D eigenvalue weighted by Crippen LogP contribution is -2.33. The first-order valence-electron chi connectivity index (χ1n) is 6.62. The summed E-state index contributed by atoms with van der Waals surface area (Å²) in [6, 6.07) is 4.80. The van der Waals surface area contributed by atoms with Gasteiger partial charge in [-0.15, -0.1) is 0 Å². The first-order chi connectivity index (χ1) is 8.95. The largest absolute Gasteiger partial charge is 0.481 e. The quantitative estimate of drug-likeness (QED) is 0.779. The molecular weight excluding hydrogens is 311 g/mol. The van der Waals surface area contributed by atoms with Crippen LogP contribution in [0, 0.1) is 11.2 Å². The number of carboxylic acids is 1. The lowest BCUT2D eigenvalue weighted by Gasteiger charge is -2.28. The minimum absolute atomic E-state index is 0.248. The molecule has 0 amide bonds. The molecule has 19 heavy (non-hydrogen) atoms. The molecule has 106 valence electrons. The van der Waals surface area contributed by atoms with Crippen molar-refractivity contribution in [1.82, 2.24) is 0 Å². The fourth-order valence-electron chi connectivity index (χ4n) is 2.27. The molecule has 1 aromatic rings. The summed E-state index contributed by atoms with van der Waals surface area (Å²) in [5, 5.41) is 9.53. The van der Waals surface area contributed by atoms with Gasteiger partial charge < -0.3 is 5.11 Å². The number of aliphatic carboxylic acids is 1. The fraction of sp³-hybridized carbons (Fsp3) is 0.533. The lowest BCUT2D eigenvalue weighted by atomic mass is 9.75. The first kappa shape index (κ1) is 16.2. The van der Waals surface area contributed by atoms with E-state index in [1.807, 2.05) is 13.8 Å². The van der Waals surface area contributed by atoms with Crippen molar-refractivity contribution in [3.63, 3.8) is 0 Å². The van der Waals surface area contributed by atoms with E-state index >= 15 is 0 Å². The molecule has 0 fully saturated rings. The van der Waals surface area contributed by atoms with Gasteiger partial charge in [0.05, 0.1) is 5.41 Å². The number of carboxylic acid groups (broad SMARTS) is 1. The maximum Gasteiger partial charge on any atom is 0.309 e. The highest BCUT2D eigenvalue weighted by atomic mass is 79.9. The molecule has 0 heterocycles. The van der Waals surface area contributed by atoms with Gasteiger partial charge in [0, 0.05) is 4.47 Å². The second kappa shape index (κ2) is 7.04. The molecule has 1 aromatic carbocycles. The average molecular weight is 331 g/mol. The number of halogens is 2. The molecule has 0 aliphatic heterocycles. The lowest BCUT2D eigenvalue weighted by molar-refractivity contribution is -0.149. The van der Waals surface area contributed by atoms with Crippen LogP contribution in [-0.4, -0.2) is 11.1 Å². The van der Waals surface area contributed by atoms with Crippen LogP contribution < -0.4 is 0 Å². The normalized spacial score (nSPS) is 14.1. The van der Waals surface area contributed by atoms with E-state index in [0.717, 1.165) is 12.8 Å². The van der Waals surface area contributed by atoms with Crippen LogP contribution in [0.15, 0.2) is 22.7 Å². The molecule has 0 aliphatic rings. The molecule has 1 rings (SSSR count). The van der Waals surface area contributed by atoms with E-state index in [4.69, 9.17) is 0 Å². The van der Waals surface area contributed by atoms with Gasteiger partial charge in [0.25, 0.3) is 0 Å². The summed E-state index contributed by atoms with van der Waals surface area (Å²) in [6.07, 6.45) is 3.14. The van der Waals surface area contributed by atoms with E-state index in [9.17, 15) is 14.3 Å². The SMILES string of the molecule is CCCCC(CC)(Cc1ccc(Br)cc1F)C(=O)O. The van der Waals surface area contributed by atoms with Crippen LogP contribution in [0.5, 0.6) is 0 Å². The molecule has 1 atom stereocenters. The van der Waals surface area contributed by atoms with Crippen molar-refractivity contribution in [3.05, 3.63) is 34.1 Å². The molecule has 0 radical (unpaired) electrons. The Morgan fingerprint density at radius 1 is 1.42 bits per heavy atom. The van der Waals surface area contributed by atoms with Crippen molar-refractivity contribution in [3.8, 4) is 0 Å². The summed E-state index contributed by atoms with van der Waals surface area (Å²) >= 11 is 3.21. The highest BCUT2D eigenvalue weighted by Gasteiger charge is 2.36. The summed E-state index contributed by atoms with van der Waals surface area (Å²) < 4.78 is 14.5. The molecular formula is C15H20BrFO2. The van der Waals surface area contributed by atoms with Crippen molar-refractivity contribution >= 4 is 21.9 Å². The van der Waals surface area contributed by atoms with Crippen LogP contribution in [0.4, 0.5) is 4.39 Å². The van der Waals surface area contributed by atoms with Crippen molar-refractivity contribution in [2.75, 3.05) is 0 Å². The zero-order chi connectivity index (χ0) is 14.5. The topological polar surface area (TPSA) is 37.3 Å². The van der Waals surface area contributed by atoms with Crippen LogP contribution in [0.25, 0.3) is 0 Å². The average Bonchev–Trinajstić information content (AvgIpc) is 2.37. The van der Waals surface area contributed by atoms with Gasteiger partial charge in [0.1, 0.15) is 5.82 Å². The Kier molecular flexibility index (Phi) is 5.98. The third kappa shape index (κ3) is 4.03. The van der Waals surface area contributed by atoms with Gasteiger partial charge in [-0.3, -0.25) is 4.79 Å². The van der Waals surface area contributed by atoms with Crippen LogP contribution in [-0.2, 0) is 11.2 Å². The molecule has 0 aliphatic carbocycles. The van der Waals surface area contributed by atoms with Gasteiger partial charge >= 0.3 is 5.97 Å². The maximum absolute atomic E-state index is 13.9. The summed E-state index contributed by atoms with van der Waals surface area (Å²) in [5.74, 6) is -1.17. The smallest absolute Gasteiger partial charge is 0.309 e. The summed E-state index contributed by atoms with van der Waals surface area (Å²) in [5.41, 5.74) is -0.381. The standard InChI is InChI=1S/C15H20BrFO2/c1-3-5-8-15(4-2,14(18)19)10-11-6-7-12(16)9-13(11)17/h6-7,9H,3-5,8,10H2,1-2H3,(H,18,19). The predicted octanol–water partition coefficient (Wildman–Crippen LogP) is 4.80. The van der Waals surface area contributed by atoms with Crippen LogP contribution in [0.3, 0.4) is 0 Å². The Morgan fingerprint density at radius 2 is 2.11 bits per heavy atom. The molecule has 1 unspecified atom stereocenters. The zero-order valence-electron chi connectivity index (χ0n) is 11.4. The zero-order valence-corrected chi connectivity index (χ0v) is 13.0. The highest BCUT2D eigenvalue weighted by molar-refractivity contribution is 9.10. The summed E-state index contributed by atoms with van der Waals surface area (Å²) in [6.45, 7) is 3.89. The Balaban J connectivity index is 3.02. The Morgan fingerprint density at radius 3 is 2.58 bits per heavy atom. The second-order valence-corrected chi connectivity index (χ2v) is 5.87. The van der Waals surface area contributed by atoms with E-state index in [2.05, 4.69) is 15.9 Å². The number of hydrogen-bond donors (Lipinski definition) is 1. The van der Waals surface area contributed by atoms with E-state index in [0.29, 0.717) is 22.9 Å². The predicted molar refractivity (Wildman–Crippen MR) is 77.7 cm³/mol. The van der Waals surface area contributed by atoms with Crippen LogP contribution >= 0.6 is 15.9 Å². The molecule has 0 saturated carbocycles. The molecule has 0 bridgehead atoms. The number of hydrogen-bond acceptors (Lipinski definition) is 1. The van der Waals surface area contributed by atoms with Gasteiger partial charge in [-0.25, -0.2) is 4.39 Å². The molecule has 1 N–H and O–H groups in total. The third-order valence-corrected chi connectivity index (χ3v) is 4.18. The van der Waals surface area contributed by atoms with E-state index in [-0.39, 0.29) is 12.2 Å². The Labute approximate surface area is 122 Å². The molecule has 0 aromatic heterocycles. The number of rotatable bonds is 7. The number of carbonyl (C=O) groups is 1. The van der Waals surface area contributed by atoms with Gasteiger partial charge in [-0.2, -0.15) is 0 Å². The third-order valence-electron chi connectivity index (χ3n) is 3.68. The number of unbranched alkanes of at least 4 members (excludes halogenated alkanes) is 1. The van der Waals surface area contributed by atoms with Crippen molar-refractivity contribution in [2.45, 2.75) is 46.0 Å². The summed E-state index contributed by atoms with van der Waals surface area (Å²) in [7, 11) is 0. The summed E-state index contributed by atoms with van der Waals surface area (Å²) in [4.78, 5) is 11.6. The minimum Gasteiger partial charge on any atom is -0.481 e. The van der Waals surface area contributed by atoms with Crippen molar-refractivity contribution in [2.24, 2.45) is 5.41 Å². The highest BCUT2D eigenvalue weighted by Crippen LogP contribution is 2.34. The van der Waals surface area contributed by atoms with Gasteiger partial charge in [0.15, 0.2) is 0 Å².